The molecule has 0 bridgehead atoms. The SMILES string of the molecule is CCOC(=O)c1[nH]c(C)c(C(=O)OCC(=O)N2CCS[C@H](C(=O)OC)C2)c1C. The van der Waals surface area contributed by atoms with Crippen LogP contribution in [0.3, 0.4) is 0 Å². The Morgan fingerprint density at radius 1 is 1.18 bits per heavy atom. The minimum atomic E-state index is -0.703. The summed E-state index contributed by atoms with van der Waals surface area (Å²) in [5, 5.41) is -0.445. The van der Waals surface area contributed by atoms with Gasteiger partial charge in [0, 0.05) is 24.5 Å². The highest BCUT2D eigenvalue weighted by Gasteiger charge is 2.30. The second kappa shape index (κ2) is 9.63. The summed E-state index contributed by atoms with van der Waals surface area (Å²) in [6, 6.07) is 0. The zero-order chi connectivity index (χ0) is 20.8. The van der Waals surface area contributed by atoms with Crippen molar-refractivity contribution in [1.82, 2.24) is 9.88 Å². The first kappa shape index (κ1) is 21.8. The van der Waals surface area contributed by atoms with Gasteiger partial charge in [-0.1, -0.05) is 0 Å². The lowest BCUT2D eigenvalue weighted by Gasteiger charge is -2.30. The van der Waals surface area contributed by atoms with E-state index in [4.69, 9.17) is 14.2 Å². The number of thioether (sulfide) groups is 1. The average Bonchev–Trinajstić information content (AvgIpc) is 2.99. The molecule has 1 aromatic rings. The molecular weight excluding hydrogens is 388 g/mol. The van der Waals surface area contributed by atoms with Gasteiger partial charge in [0.25, 0.3) is 5.91 Å². The fraction of sp³-hybridized carbons (Fsp3) is 0.556. The van der Waals surface area contributed by atoms with Crippen LogP contribution >= 0.6 is 11.8 Å². The maximum Gasteiger partial charge on any atom is 0.355 e. The molecule has 28 heavy (non-hydrogen) atoms. The third-order valence-electron chi connectivity index (χ3n) is 4.33. The summed E-state index contributed by atoms with van der Waals surface area (Å²) < 4.78 is 14.8. The topological polar surface area (TPSA) is 115 Å². The second-order valence-electron chi connectivity index (χ2n) is 6.14. The first-order valence-electron chi connectivity index (χ1n) is 8.80. The van der Waals surface area contributed by atoms with Gasteiger partial charge in [0.05, 0.1) is 19.3 Å². The Bertz CT molecular complexity index is 774. The smallest absolute Gasteiger partial charge is 0.355 e. The molecular formula is C18H24N2O7S. The molecule has 0 unspecified atom stereocenters. The lowest BCUT2D eigenvalue weighted by molar-refractivity contribution is -0.141. The van der Waals surface area contributed by atoms with E-state index in [1.165, 1.54) is 23.8 Å². The van der Waals surface area contributed by atoms with Crippen molar-refractivity contribution in [2.75, 3.05) is 39.2 Å². The summed E-state index contributed by atoms with van der Waals surface area (Å²) in [6.07, 6.45) is 0. The molecule has 1 aliphatic rings. The molecule has 0 saturated carbocycles. The van der Waals surface area contributed by atoms with Gasteiger partial charge < -0.3 is 24.1 Å². The van der Waals surface area contributed by atoms with Gasteiger partial charge in [-0.3, -0.25) is 9.59 Å². The number of rotatable bonds is 6. The van der Waals surface area contributed by atoms with Crippen LogP contribution < -0.4 is 0 Å². The number of H-pyrrole nitrogens is 1. The highest BCUT2D eigenvalue weighted by atomic mass is 32.2. The average molecular weight is 412 g/mol. The van der Waals surface area contributed by atoms with E-state index in [9.17, 15) is 19.2 Å². The highest BCUT2D eigenvalue weighted by molar-refractivity contribution is 8.00. The molecule has 10 heteroatoms. The maximum absolute atomic E-state index is 12.4. The molecule has 0 spiro atoms. The summed E-state index contributed by atoms with van der Waals surface area (Å²) in [6.45, 7) is 5.37. The van der Waals surface area contributed by atoms with E-state index >= 15 is 0 Å². The van der Waals surface area contributed by atoms with Crippen molar-refractivity contribution in [3.63, 3.8) is 0 Å². The lowest BCUT2D eigenvalue weighted by Crippen LogP contribution is -2.46. The Kier molecular flexibility index (Phi) is 7.50. The number of nitrogens with zero attached hydrogens (tertiary/aromatic N) is 1. The van der Waals surface area contributed by atoms with E-state index < -0.39 is 23.8 Å². The fourth-order valence-corrected chi connectivity index (χ4v) is 4.03. The molecule has 0 aromatic carbocycles. The Balaban J connectivity index is 1.99. The number of methoxy groups -OCH3 is 1. The van der Waals surface area contributed by atoms with Crippen molar-refractivity contribution in [2.45, 2.75) is 26.0 Å². The van der Waals surface area contributed by atoms with Crippen LogP contribution in [0.15, 0.2) is 0 Å². The normalized spacial score (nSPS) is 16.4. The Hall–Kier alpha value is -2.49. The number of carbonyl (C=O) groups excluding carboxylic acids is 4. The van der Waals surface area contributed by atoms with Gasteiger partial charge in [-0.25, -0.2) is 9.59 Å². The molecule has 9 nitrogen and oxygen atoms in total. The molecule has 0 radical (unpaired) electrons. The van der Waals surface area contributed by atoms with Gasteiger partial charge in [-0.15, -0.1) is 11.8 Å². The number of carbonyl (C=O) groups is 4. The van der Waals surface area contributed by atoms with Crippen molar-refractivity contribution < 1.29 is 33.4 Å². The van der Waals surface area contributed by atoms with Crippen molar-refractivity contribution in [3.8, 4) is 0 Å². The number of amides is 1. The van der Waals surface area contributed by atoms with E-state index in [2.05, 4.69) is 4.98 Å². The van der Waals surface area contributed by atoms with E-state index in [-0.39, 0.29) is 36.3 Å². The van der Waals surface area contributed by atoms with Gasteiger partial charge in [0.2, 0.25) is 0 Å². The van der Waals surface area contributed by atoms with Crippen LogP contribution in [0.4, 0.5) is 0 Å². The van der Waals surface area contributed by atoms with Gasteiger partial charge in [0.15, 0.2) is 6.61 Å². The zero-order valence-electron chi connectivity index (χ0n) is 16.3. The van der Waals surface area contributed by atoms with Gasteiger partial charge >= 0.3 is 17.9 Å². The molecule has 154 valence electrons. The van der Waals surface area contributed by atoms with E-state index in [1.54, 1.807) is 20.8 Å². The van der Waals surface area contributed by atoms with Gasteiger partial charge in [-0.05, 0) is 26.3 Å². The molecule has 2 rings (SSSR count). The molecule has 1 atom stereocenters. The first-order chi connectivity index (χ1) is 13.3. The molecule has 1 amide bonds. The summed E-state index contributed by atoms with van der Waals surface area (Å²) in [4.78, 5) is 52.7. The standard InChI is InChI=1S/C18H24N2O7S/c1-5-26-18(24)15-10(2)14(11(3)19-15)17(23)27-9-13(21)20-6-7-28-12(8-20)16(22)25-4/h12,19H,5-9H2,1-4H3/t12-/m0/s1. The summed E-state index contributed by atoms with van der Waals surface area (Å²) >= 11 is 1.43. The Morgan fingerprint density at radius 3 is 2.54 bits per heavy atom. The minimum absolute atomic E-state index is 0.187. The van der Waals surface area contributed by atoms with Crippen molar-refractivity contribution in [3.05, 3.63) is 22.5 Å². The highest BCUT2D eigenvalue weighted by Crippen LogP contribution is 2.21. The van der Waals surface area contributed by atoms with Crippen LogP contribution in [-0.2, 0) is 23.8 Å². The van der Waals surface area contributed by atoms with Crippen molar-refractivity contribution in [1.29, 1.82) is 0 Å². The molecule has 1 fully saturated rings. The van der Waals surface area contributed by atoms with Crippen LogP contribution in [-0.4, -0.2) is 78.1 Å². The Morgan fingerprint density at radius 2 is 1.89 bits per heavy atom. The monoisotopic (exact) mass is 412 g/mol. The second-order valence-corrected chi connectivity index (χ2v) is 7.45. The predicted octanol–water partition coefficient (Wildman–Crippen LogP) is 1.08. The van der Waals surface area contributed by atoms with Gasteiger partial charge in [-0.2, -0.15) is 0 Å². The van der Waals surface area contributed by atoms with E-state index in [0.717, 1.165) is 0 Å². The van der Waals surface area contributed by atoms with Crippen LogP contribution in [0.1, 0.15) is 39.0 Å². The third-order valence-corrected chi connectivity index (χ3v) is 5.49. The molecule has 1 aliphatic heterocycles. The predicted molar refractivity (Wildman–Crippen MR) is 101 cm³/mol. The minimum Gasteiger partial charge on any atom is -0.468 e. The molecule has 1 saturated heterocycles. The largest absolute Gasteiger partial charge is 0.468 e. The molecule has 0 aliphatic carbocycles. The van der Waals surface area contributed by atoms with Crippen LogP contribution in [0.2, 0.25) is 0 Å². The number of ether oxygens (including phenoxy) is 3. The first-order valence-corrected chi connectivity index (χ1v) is 9.85. The van der Waals surface area contributed by atoms with Crippen LogP contribution in [0.5, 0.6) is 0 Å². The number of aromatic amines is 1. The zero-order valence-corrected chi connectivity index (χ0v) is 17.1. The molecule has 1 aromatic heterocycles. The lowest BCUT2D eigenvalue weighted by atomic mass is 10.1. The van der Waals surface area contributed by atoms with Crippen molar-refractivity contribution in [2.24, 2.45) is 0 Å². The summed E-state index contributed by atoms with van der Waals surface area (Å²) in [7, 11) is 1.30. The van der Waals surface area contributed by atoms with Gasteiger partial charge in [0.1, 0.15) is 10.9 Å². The van der Waals surface area contributed by atoms with Crippen molar-refractivity contribution >= 4 is 35.6 Å². The number of hydrogen-bond donors (Lipinski definition) is 1. The summed E-state index contributed by atoms with van der Waals surface area (Å²) in [5.41, 5.74) is 1.26. The maximum atomic E-state index is 12.4. The number of aryl methyl sites for hydroxylation is 1. The molecule has 2 heterocycles. The van der Waals surface area contributed by atoms with E-state index in [0.29, 0.717) is 23.6 Å². The number of esters is 3. The Labute approximate surface area is 167 Å². The van der Waals surface area contributed by atoms with E-state index in [1.807, 2.05) is 0 Å². The quantitative estimate of drug-likeness (QED) is 0.545. The number of nitrogens with one attached hydrogen (secondary N) is 1. The number of hydrogen-bond acceptors (Lipinski definition) is 8. The molecule has 1 N–H and O–H groups in total. The summed E-state index contributed by atoms with van der Waals surface area (Å²) in [5.74, 6) is -1.44. The van der Waals surface area contributed by atoms with Crippen LogP contribution in [0, 0.1) is 13.8 Å². The number of aromatic nitrogens is 1. The fourth-order valence-electron chi connectivity index (χ4n) is 2.90. The third kappa shape index (κ3) is 4.86. The van der Waals surface area contributed by atoms with Crippen LogP contribution in [0.25, 0.3) is 0 Å².